The van der Waals surface area contributed by atoms with Gasteiger partial charge in [0.25, 0.3) is 0 Å². The van der Waals surface area contributed by atoms with Crippen molar-refractivity contribution in [3.8, 4) is 0 Å². The van der Waals surface area contributed by atoms with Crippen molar-refractivity contribution in [2.45, 2.75) is 51.7 Å². The third kappa shape index (κ3) is 4.58. The van der Waals surface area contributed by atoms with Crippen molar-refractivity contribution < 1.29 is 9.18 Å². The molecule has 3 heterocycles. The molecule has 7 nitrogen and oxygen atoms in total. The average Bonchev–Trinajstić information content (AvgIpc) is 3.16. The smallest absolute Gasteiger partial charge is 0.318 e. The molecule has 1 fully saturated rings. The summed E-state index contributed by atoms with van der Waals surface area (Å²) in [5.41, 5.74) is 0.746. The summed E-state index contributed by atoms with van der Waals surface area (Å²) >= 11 is 0. The molecule has 4 rings (SSSR count). The van der Waals surface area contributed by atoms with Gasteiger partial charge in [-0.05, 0) is 56.6 Å². The Morgan fingerprint density at radius 1 is 1.21 bits per heavy atom. The highest BCUT2D eigenvalue weighted by atomic mass is 19.1. The van der Waals surface area contributed by atoms with Crippen LogP contribution in [0.4, 0.5) is 9.18 Å². The minimum atomic E-state index is -0.295. The van der Waals surface area contributed by atoms with Crippen molar-refractivity contribution in [1.29, 1.82) is 0 Å². The Hall–Kier alpha value is -2.48. The van der Waals surface area contributed by atoms with Crippen molar-refractivity contribution >= 4 is 6.03 Å². The normalized spacial score (nSPS) is 17.9. The number of hydrogen-bond acceptors (Lipinski definition) is 4. The van der Waals surface area contributed by atoms with E-state index in [0.29, 0.717) is 25.6 Å². The van der Waals surface area contributed by atoms with Gasteiger partial charge in [-0.15, -0.1) is 10.2 Å². The van der Waals surface area contributed by atoms with Crippen LogP contribution >= 0.6 is 0 Å². The molecule has 0 saturated carbocycles. The maximum absolute atomic E-state index is 13.3. The number of halogens is 1. The summed E-state index contributed by atoms with van der Waals surface area (Å²) < 4.78 is 15.5. The molecule has 8 heteroatoms. The van der Waals surface area contributed by atoms with Gasteiger partial charge in [0.2, 0.25) is 0 Å². The molecule has 0 atom stereocenters. The lowest BCUT2D eigenvalue weighted by Crippen LogP contribution is -2.44. The second-order valence-corrected chi connectivity index (χ2v) is 7.95. The van der Waals surface area contributed by atoms with Gasteiger partial charge < -0.3 is 19.7 Å². The van der Waals surface area contributed by atoms with Gasteiger partial charge in [0, 0.05) is 25.6 Å². The third-order valence-electron chi connectivity index (χ3n) is 5.89. The number of fused-ring (bicyclic) bond motifs is 1. The van der Waals surface area contributed by atoms with Crippen LogP contribution in [0.25, 0.3) is 0 Å². The fraction of sp³-hybridized carbons (Fsp3) is 0.571. The van der Waals surface area contributed by atoms with Gasteiger partial charge >= 0.3 is 6.03 Å². The molecule has 0 radical (unpaired) electrons. The van der Waals surface area contributed by atoms with E-state index in [0.717, 1.165) is 49.7 Å². The predicted octanol–water partition coefficient (Wildman–Crippen LogP) is 2.73. The van der Waals surface area contributed by atoms with Crippen LogP contribution in [-0.4, -0.2) is 56.8 Å². The van der Waals surface area contributed by atoms with E-state index in [1.165, 1.54) is 25.1 Å². The standard InChI is InChI=1S/C21H29FN6O/c1-2-8-26-9-6-17(7-10-26)20-25-24-19-15-27(11-12-28(19)20)21(29)23-14-16-4-3-5-18(22)13-16/h3-5,13,17H,2,6-12,14-15H2,1H3,(H,23,29). The number of aromatic nitrogens is 3. The SMILES string of the molecule is CCCN1CCC(c2nnc3n2CCN(C(=O)NCc2cccc(F)c2)C3)CC1. The molecule has 2 aromatic rings. The van der Waals surface area contributed by atoms with Crippen molar-refractivity contribution in [3.05, 3.63) is 47.3 Å². The fourth-order valence-corrected chi connectivity index (χ4v) is 4.32. The summed E-state index contributed by atoms with van der Waals surface area (Å²) in [4.78, 5) is 16.8. The van der Waals surface area contributed by atoms with E-state index in [-0.39, 0.29) is 11.8 Å². The second-order valence-electron chi connectivity index (χ2n) is 7.95. The molecule has 1 aromatic heterocycles. The lowest BCUT2D eigenvalue weighted by Gasteiger charge is -2.33. The predicted molar refractivity (Wildman–Crippen MR) is 108 cm³/mol. The first-order valence-electron chi connectivity index (χ1n) is 10.6. The molecular formula is C21H29FN6O. The van der Waals surface area contributed by atoms with E-state index in [1.807, 2.05) is 0 Å². The van der Waals surface area contributed by atoms with Crippen LogP contribution in [0.3, 0.4) is 0 Å². The van der Waals surface area contributed by atoms with Crippen LogP contribution in [0.15, 0.2) is 24.3 Å². The number of hydrogen-bond donors (Lipinski definition) is 1. The Morgan fingerprint density at radius 2 is 2.03 bits per heavy atom. The first-order chi connectivity index (χ1) is 14.1. The lowest BCUT2D eigenvalue weighted by molar-refractivity contribution is 0.178. The molecule has 156 valence electrons. The zero-order valence-corrected chi connectivity index (χ0v) is 17.0. The van der Waals surface area contributed by atoms with Gasteiger partial charge in [-0.1, -0.05) is 19.1 Å². The summed E-state index contributed by atoms with van der Waals surface area (Å²) in [6.07, 6.45) is 3.44. The molecule has 2 aliphatic heterocycles. The average molecular weight is 401 g/mol. The fourth-order valence-electron chi connectivity index (χ4n) is 4.32. The van der Waals surface area contributed by atoms with E-state index in [2.05, 4.69) is 31.9 Å². The molecular weight excluding hydrogens is 371 g/mol. The minimum absolute atomic E-state index is 0.155. The van der Waals surface area contributed by atoms with Gasteiger partial charge in [-0.2, -0.15) is 0 Å². The van der Waals surface area contributed by atoms with Crippen LogP contribution in [-0.2, 0) is 19.6 Å². The Morgan fingerprint density at radius 3 is 2.79 bits per heavy atom. The summed E-state index contributed by atoms with van der Waals surface area (Å²) in [6, 6.07) is 6.13. The van der Waals surface area contributed by atoms with E-state index in [9.17, 15) is 9.18 Å². The highest BCUT2D eigenvalue weighted by molar-refractivity contribution is 5.74. The molecule has 29 heavy (non-hydrogen) atoms. The number of rotatable bonds is 5. The van der Waals surface area contributed by atoms with E-state index >= 15 is 0 Å². The number of carbonyl (C=O) groups is 1. The largest absolute Gasteiger partial charge is 0.334 e. The Balaban J connectivity index is 1.33. The Kier molecular flexibility index (Phi) is 6.08. The molecule has 0 spiro atoms. The topological polar surface area (TPSA) is 66.3 Å². The second kappa shape index (κ2) is 8.90. The quantitative estimate of drug-likeness (QED) is 0.838. The highest BCUT2D eigenvalue weighted by Crippen LogP contribution is 2.28. The number of urea groups is 1. The van der Waals surface area contributed by atoms with E-state index in [1.54, 1.807) is 17.0 Å². The number of nitrogens with one attached hydrogen (secondary N) is 1. The molecule has 0 aliphatic carbocycles. The first-order valence-corrected chi connectivity index (χ1v) is 10.6. The molecule has 2 aliphatic rings. The number of nitrogens with zero attached hydrogens (tertiary/aromatic N) is 5. The highest BCUT2D eigenvalue weighted by Gasteiger charge is 2.29. The summed E-state index contributed by atoms with van der Waals surface area (Å²) in [5, 5.41) is 11.7. The zero-order valence-electron chi connectivity index (χ0n) is 17.0. The Bertz CT molecular complexity index is 845. The summed E-state index contributed by atoms with van der Waals surface area (Å²) in [6.45, 7) is 7.75. The number of carbonyl (C=O) groups excluding carboxylic acids is 1. The van der Waals surface area contributed by atoms with Gasteiger partial charge in [-0.3, -0.25) is 0 Å². The van der Waals surface area contributed by atoms with Gasteiger partial charge in [-0.25, -0.2) is 9.18 Å². The molecule has 1 N–H and O–H groups in total. The van der Waals surface area contributed by atoms with Crippen molar-refractivity contribution in [3.63, 3.8) is 0 Å². The van der Waals surface area contributed by atoms with Crippen molar-refractivity contribution in [2.75, 3.05) is 26.2 Å². The monoisotopic (exact) mass is 400 g/mol. The zero-order chi connectivity index (χ0) is 20.2. The number of piperidine rings is 1. The van der Waals surface area contributed by atoms with Gasteiger partial charge in [0.05, 0.1) is 6.54 Å². The Labute approximate surface area is 170 Å². The van der Waals surface area contributed by atoms with Crippen molar-refractivity contribution in [2.24, 2.45) is 0 Å². The van der Waals surface area contributed by atoms with Crippen molar-refractivity contribution in [1.82, 2.24) is 29.9 Å². The number of amides is 2. The van der Waals surface area contributed by atoms with Crippen LogP contribution in [0, 0.1) is 5.82 Å². The van der Waals surface area contributed by atoms with E-state index < -0.39 is 0 Å². The molecule has 1 aromatic carbocycles. The van der Waals surface area contributed by atoms with Crippen LogP contribution in [0.1, 0.15) is 49.3 Å². The number of benzene rings is 1. The lowest BCUT2D eigenvalue weighted by atomic mass is 9.95. The summed E-state index contributed by atoms with van der Waals surface area (Å²) in [7, 11) is 0. The maximum Gasteiger partial charge on any atom is 0.318 e. The van der Waals surface area contributed by atoms with Crippen LogP contribution < -0.4 is 5.32 Å². The third-order valence-corrected chi connectivity index (χ3v) is 5.89. The summed E-state index contributed by atoms with van der Waals surface area (Å²) in [5.74, 6) is 2.09. The molecule has 1 saturated heterocycles. The first kappa shape index (κ1) is 19.8. The molecule has 2 amide bonds. The maximum atomic E-state index is 13.3. The van der Waals surface area contributed by atoms with Crippen LogP contribution in [0.5, 0.6) is 0 Å². The van der Waals surface area contributed by atoms with Gasteiger partial charge in [0.15, 0.2) is 5.82 Å². The molecule has 0 unspecified atom stereocenters. The minimum Gasteiger partial charge on any atom is -0.334 e. The van der Waals surface area contributed by atoms with Crippen LogP contribution in [0.2, 0.25) is 0 Å². The number of likely N-dealkylation sites (tertiary alicyclic amines) is 1. The van der Waals surface area contributed by atoms with Gasteiger partial charge in [0.1, 0.15) is 11.6 Å². The van der Waals surface area contributed by atoms with E-state index in [4.69, 9.17) is 0 Å². The molecule has 0 bridgehead atoms.